The van der Waals surface area contributed by atoms with Gasteiger partial charge in [-0.2, -0.15) is 20.4 Å². The normalized spacial score (nSPS) is 10.0. The zero-order chi connectivity index (χ0) is 43.0. The number of halogens is 8. The van der Waals surface area contributed by atoms with Gasteiger partial charge in [0.05, 0.1) is 22.8 Å². The van der Waals surface area contributed by atoms with E-state index in [9.17, 15) is 34.5 Å². The molecule has 6 rings (SSSR count). The van der Waals surface area contributed by atoms with E-state index in [4.69, 9.17) is 14.2 Å². The van der Waals surface area contributed by atoms with Crippen LogP contribution in [0.1, 0.15) is 41.5 Å². The molecular formula is C34H48B2F8FeN10O3. The molecule has 6 heterocycles. The van der Waals surface area contributed by atoms with Crippen LogP contribution in [0, 0.1) is 0 Å². The Morgan fingerprint density at radius 3 is 0.690 bits per heavy atom. The van der Waals surface area contributed by atoms with Crippen LogP contribution in [0.3, 0.4) is 0 Å². The monoisotopic (exact) mass is 874 g/mol. The van der Waals surface area contributed by atoms with E-state index >= 15 is 0 Å². The summed E-state index contributed by atoms with van der Waals surface area (Å²) in [6.45, 7) is 17.0. The van der Waals surface area contributed by atoms with Crippen molar-refractivity contribution < 1.29 is 65.8 Å². The number of ether oxygens (including phenoxy) is 3. The van der Waals surface area contributed by atoms with E-state index < -0.39 is 14.5 Å². The predicted octanol–water partition coefficient (Wildman–Crippen LogP) is 9.45. The summed E-state index contributed by atoms with van der Waals surface area (Å²) in [5.41, 5.74) is 6.66. The third-order valence-electron chi connectivity index (χ3n) is 5.78. The van der Waals surface area contributed by atoms with Crippen molar-refractivity contribution in [3.63, 3.8) is 0 Å². The molecule has 322 valence electrons. The van der Waals surface area contributed by atoms with Crippen molar-refractivity contribution in [2.75, 3.05) is 39.6 Å². The number of rotatable bonds is 10. The number of aromatic amines is 4. The molecular weight excluding hydrogens is 826 g/mol. The predicted molar refractivity (Wildman–Crippen MR) is 206 cm³/mol. The van der Waals surface area contributed by atoms with E-state index in [1.165, 1.54) is 0 Å². The Labute approximate surface area is 342 Å². The second-order valence-electron chi connectivity index (χ2n) is 9.99. The van der Waals surface area contributed by atoms with E-state index in [2.05, 4.69) is 50.8 Å². The summed E-state index contributed by atoms with van der Waals surface area (Å²) < 4.78 is 92.5. The summed E-state index contributed by atoms with van der Waals surface area (Å²) >= 11 is 0. The summed E-state index contributed by atoms with van der Waals surface area (Å²) in [5.74, 6) is 0. The van der Waals surface area contributed by atoms with E-state index in [0.717, 1.165) is 85.2 Å². The number of hydrogen-bond acceptors (Lipinski definition) is 9. The van der Waals surface area contributed by atoms with Crippen LogP contribution in [-0.2, 0) is 31.3 Å². The SMILES string of the molecule is CCOCC.CCOCC.CCOCC.F[B-](F)(F)F.F[B-](F)(F)F.[Fe+2].c1cc(-c2cc[nH]n2)nc(-c2cc[nH]n2)c1.c1cc(-c2cc[nH]n2)nc(-c2cc[nH]n2)c1. The van der Waals surface area contributed by atoms with Crippen LogP contribution in [-0.4, -0.2) is 105 Å². The van der Waals surface area contributed by atoms with Crippen LogP contribution in [0.15, 0.2) is 85.5 Å². The molecule has 0 aliphatic heterocycles. The Bertz CT molecular complexity index is 1510. The van der Waals surface area contributed by atoms with Gasteiger partial charge in [-0.1, -0.05) is 12.1 Å². The molecule has 0 saturated carbocycles. The number of nitrogens with zero attached hydrogens (tertiary/aromatic N) is 6. The number of aromatic nitrogens is 10. The molecule has 0 radical (unpaired) electrons. The summed E-state index contributed by atoms with van der Waals surface area (Å²) in [4.78, 5) is 8.99. The quantitative estimate of drug-likeness (QED) is 0.0774. The van der Waals surface area contributed by atoms with Crippen molar-refractivity contribution in [1.82, 2.24) is 50.8 Å². The fourth-order valence-corrected chi connectivity index (χ4v) is 3.66. The van der Waals surface area contributed by atoms with E-state index in [-0.39, 0.29) is 17.1 Å². The van der Waals surface area contributed by atoms with Crippen molar-refractivity contribution >= 4 is 14.5 Å². The zero-order valence-corrected chi connectivity index (χ0v) is 33.9. The molecule has 6 aromatic heterocycles. The summed E-state index contributed by atoms with van der Waals surface area (Å²) in [5, 5.41) is 27.5. The number of nitrogens with one attached hydrogen (secondary N) is 4. The van der Waals surface area contributed by atoms with Gasteiger partial charge in [0.25, 0.3) is 0 Å². The van der Waals surface area contributed by atoms with Crippen molar-refractivity contribution in [3.05, 3.63) is 85.5 Å². The molecule has 4 N–H and O–H groups in total. The second kappa shape index (κ2) is 33.1. The smallest absolute Gasteiger partial charge is 0.418 e. The van der Waals surface area contributed by atoms with Gasteiger partial charge >= 0.3 is 31.6 Å². The Kier molecular flexibility index (Phi) is 31.5. The molecule has 0 unspecified atom stereocenters. The van der Waals surface area contributed by atoms with Crippen LogP contribution in [0.5, 0.6) is 0 Å². The van der Waals surface area contributed by atoms with Crippen molar-refractivity contribution in [2.24, 2.45) is 0 Å². The minimum absolute atomic E-state index is 0. The summed E-state index contributed by atoms with van der Waals surface area (Å²) in [6, 6.07) is 19.1. The first-order valence-electron chi connectivity index (χ1n) is 17.5. The van der Waals surface area contributed by atoms with E-state index in [1.807, 2.05) is 102 Å². The molecule has 0 amide bonds. The van der Waals surface area contributed by atoms with Gasteiger partial charge in [-0.05, 0) is 90.1 Å². The minimum Gasteiger partial charge on any atom is -0.418 e. The third-order valence-corrected chi connectivity index (χ3v) is 5.78. The number of hydrogen-bond donors (Lipinski definition) is 4. The Morgan fingerprint density at radius 1 is 0.379 bits per heavy atom. The molecule has 24 heteroatoms. The van der Waals surface area contributed by atoms with Gasteiger partial charge in [0.2, 0.25) is 0 Å². The minimum atomic E-state index is -6.00. The van der Waals surface area contributed by atoms with Crippen LogP contribution in [0.4, 0.5) is 34.5 Å². The Balaban J connectivity index is 0. The van der Waals surface area contributed by atoms with Gasteiger partial charge < -0.3 is 48.7 Å². The molecule has 0 aliphatic rings. The first-order valence-corrected chi connectivity index (χ1v) is 17.5. The first-order chi connectivity index (χ1) is 27.1. The maximum atomic E-state index is 9.75. The van der Waals surface area contributed by atoms with Crippen LogP contribution >= 0.6 is 0 Å². The fraction of sp³-hybridized carbons (Fsp3) is 0.353. The van der Waals surface area contributed by atoms with Crippen LogP contribution < -0.4 is 0 Å². The third kappa shape index (κ3) is 30.3. The maximum absolute atomic E-state index is 9.75. The molecule has 0 bridgehead atoms. The Morgan fingerprint density at radius 2 is 0.569 bits per heavy atom. The Hall–Kier alpha value is -4.89. The van der Waals surface area contributed by atoms with Gasteiger partial charge in [-0.3, -0.25) is 20.4 Å². The van der Waals surface area contributed by atoms with E-state index in [1.54, 1.807) is 24.8 Å². The average Bonchev–Trinajstić information content (AvgIpc) is 4.01. The number of pyridine rings is 2. The topological polar surface area (TPSA) is 168 Å². The molecule has 6 aromatic rings. The maximum Gasteiger partial charge on any atom is 2.00 e. The molecule has 13 nitrogen and oxygen atoms in total. The largest absolute Gasteiger partial charge is 2.00 e. The number of H-pyrrole nitrogens is 4. The molecule has 0 aromatic carbocycles. The average molecular weight is 874 g/mol. The van der Waals surface area contributed by atoms with Gasteiger partial charge in [0.15, 0.2) is 0 Å². The summed E-state index contributed by atoms with van der Waals surface area (Å²) in [6.07, 6.45) is 7.10. The second-order valence-corrected chi connectivity index (χ2v) is 9.99. The van der Waals surface area contributed by atoms with Crippen LogP contribution in [0.25, 0.3) is 45.6 Å². The van der Waals surface area contributed by atoms with Gasteiger partial charge in [-0.15, -0.1) is 0 Å². The van der Waals surface area contributed by atoms with Crippen molar-refractivity contribution in [1.29, 1.82) is 0 Å². The zero-order valence-electron chi connectivity index (χ0n) is 32.8. The molecule has 0 atom stereocenters. The van der Waals surface area contributed by atoms with Crippen molar-refractivity contribution in [2.45, 2.75) is 41.5 Å². The molecule has 0 aliphatic carbocycles. The van der Waals surface area contributed by atoms with Gasteiger partial charge in [0.1, 0.15) is 22.8 Å². The standard InChI is InChI=1S/2C11H9N5.3C4H10O.2BF4.Fe/c2*1-2-8(10-4-6-12-15-10)14-9(3-1)11-5-7-13-16-11;3*1-3-5-4-2;2*2-1(3,4)5;/h2*1-7H,(H,12,15)(H,13,16);3*3-4H2,1-2H3;;;/q;;;;;2*-1;+2. The fourth-order valence-electron chi connectivity index (χ4n) is 3.66. The van der Waals surface area contributed by atoms with E-state index in [0.29, 0.717) is 0 Å². The molecule has 0 fully saturated rings. The molecule has 0 spiro atoms. The summed E-state index contributed by atoms with van der Waals surface area (Å²) in [7, 11) is -12.0. The van der Waals surface area contributed by atoms with Gasteiger partial charge in [-0.25, -0.2) is 9.97 Å². The van der Waals surface area contributed by atoms with Gasteiger partial charge in [0, 0.05) is 64.4 Å². The van der Waals surface area contributed by atoms with Crippen LogP contribution in [0.2, 0.25) is 0 Å². The molecule has 0 saturated heterocycles. The van der Waals surface area contributed by atoms with Crippen molar-refractivity contribution in [3.8, 4) is 45.6 Å². The first kappa shape index (κ1) is 55.2. The molecule has 58 heavy (non-hydrogen) atoms.